The Morgan fingerprint density at radius 2 is 1.00 bits per heavy atom. The van der Waals surface area contributed by atoms with Crippen LogP contribution in [0.5, 0.6) is 11.5 Å². The Hall–Kier alpha value is -3.08. The summed E-state index contributed by atoms with van der Waals surface area (Å²) in [6.07, 6.45) is 0. The van der Waals surface area contributed by atoms with Crippen molar-refractivity contribution in [3.8, 4) is 11.5 Å². The summed E-state index contributed by atoms with van der Waals surface area (Å²) in [6.45, 7) is 0. The molecule has 0 aromatic heterocycles. The lowest BCUT2D eigenvalue weighted by Crippen LogP contribution is -2.12. The minimum atomic E-state index is -0.489. The highest BCUT2D eigenvalue weighted by atomic mass is 19.1. The number of rotatable bonds is 4. The van der Waals surface area contributed by atoms with Gasteiger partial charge in [0, 0.05) is 10.8 Å². The van der Waals surface area contributed by atoms with E-state index in [-0.39, 0.29) is 11.5 Å². The Balaban J connectivity index is 1.53. The van der Waals surface area contributed by atoms with E-state index in [9.17, 15) is 8.78 Å². The summed E-state index contributed by atoms with van der Waals surface area (Å²) in [7, 11) is 0.931. The van der Waals surface area contributed by atoms with Crippen molar-refractivity contribution in [1.82, 2.24) is 0 Å². The number of halogens is 2. The normalized spacial score (nSPS) is 10.8. The predicted molar refractivity (Wildman–Crippen MR) is 94.8 cm³/mol. The van der Waals surface area contributed by atoms with Crippen LogP contribution in [0.25, 0.3) is 21.5 Å². The van der Waals surface area contributed by atoms with Crippen molar-refractivity contribution < 1.29 is 18.1 Å². The third-order valence-electron chi connectivity index (χ3n) is 4.01. The smallest absolute Gasteiger partial charge is 0.524 e. The van der Waals surface area contributed by atoms with Gasteiger partial charge in [-0.25, -0.2) is 8.78 Å². The summed E-state index contributed by atoms with van der Waals surface area (Å²) in [4.78, 5) is 0. The molecule has 0 aliphatic rings. The van der Waals surface area contributed by atoms with Crippen LogP contribution in [0.2, 0.25) is 0 Å². The molecule has 0 amide bonds. The molecular weight excluding hydrogens is 321 g/mol. The van der Waals surface area contributed by atoms with Crippen LogP contribution in [-0.4, -0.2) is 7.69 Å². The molecule has 1 radical (unpaired) electrons. The monoisotopic (exact) mass is 333 g/mol. The van der Waals surface area contributed by atoms with Gasteiger partial charge in [0.2, 0.25) is 0 Å². The zero-order valence-corrected chi connectivity index (χ0v) is 13.1. The number of benzene rings is 4. The number of hydrogen-bond donors (Lipinski definition) is 0. The molecule has 0 aliphatic carbocycles. The maximum atomic E-state index is 14.4. The Labute approximate surface area is 143 Å². The maximum Gasteiger partial charge on any atom is 0.658 e. The Kier molecular flexibility index (Phi) is 3.98. The fraction of sp³-hybridized carbons (Fsp3) is 0. The van der Waals surface area contributed by atoms with E-state index in [1.54, 1.807) is 36.4 Å². The van der Waals surface area contributed by atoms with E-state index >= 15 is 0 Å². The Morgan fingerprint density at radius 1 is 0.560 bits per heavy atom. The van der Waals surface area contributed by atoms with Gasteiger partial charge in [-0.1, -0.05) is 60.7 Å². The molecule has 121 valence electrons. The molecule has 0 atom stereocenters. The van der Waals surface area contributed by atoms with Crippen molar-refractivity contribution in [3.05, 3.63) is 84.4 Å². The fourth-order valence-corrected chi connectivity index (χ4v) is 2.74. The van der Waals surface area contributed by atoms with Gasteiger partial charge in [-0.15, -0.1) is 0 Å². The van der Waals surface area contributed by atoms with Gasteiger partial charge in [0.25, 0.3) is 0 Å². The number of hydrogen-bond acceptors (Lipinski definition) is 2. The van der Waals surface area contributed by atoms with Crippen LogP contribution in [-0.2, 0) is 0 Å². The SMILES string of the molecule is Fc1c(O[B]Oc2ccc3ccccc3c2F)ccc2ccccc12. The second-order valence-corrected chi connectivity index (χ2v) is 5.53. The van der Waals surface area contributed by atoms with Gasteiger partial charge in [-0.3, -0.25) is 0 Å². The zero-order chi connectivity index (χ0) is 17.2. The van der Waals surface area contributed by atoms with Crippen molar-refractivity contribution in [2.45, 2.75) is 0 Å². The summed E-state index contributed by atoms with van der Waals surface area (Å²) in [5, 5.41) is 2.44. The average molecular weight is 333 g/mol. The van der Waals surface area contributed by atoms with Crippen molar-refractivity contribution >= 4 is 29.2 Å². The molecule has 4 aromatic rings. The van der Waals surface area contributed by atoms with Crippen molar-refractivity contribution in [1.29, 1.82) is 0 Å². The first-order valence-corrected chi connectivity index (χ1v) is 7.73. The van der Waals surface area contributed by atoms with Crippen molar-refractivity contribution in [2.24, 2.45) is 0 Å². The lowest BCUT2D eigenvalue weighted by Gasteiger charge is -2.10. The largest absolute Gasteiger partial charge is 0.658 e. The molecule has 0 unspecified atom stereocenters. The van der Waals surface area contributed by atoms with Gasteiger partial charge in [-0.2, -0.15) is 0 Å². The van der Waals surface area contributed by atoms with Crippen LogP contribution >= 0.6 is 0 Å². The van der Waals surface area contributed by atoms with Crippen molar-refractivity contribution in [2.75, 3.05) is 0 Å². The van der Waals surface area contributed by atoms with Crippen LogP contribution < -0.4 is 9.31 Å². The van der Waals surface area contributed by atoms with E-state index in [0.29, 0.717) is 10.8 Å². The molecule has 0 aliphatic heterocycles. The van der Waals surface area contributed by atoms with Gasteiger partial charge in [0.05, 0.1) is 0 Å². The summed E-state index contributed by atoms with van der Waals surface area (Å²) < 4.78 is 39.3. The molecule has 2 nitrogen and oxygen atoms in total. The van der Waals surface area contributed by atoms with Gasteiger partial charge >= 0.3 is 7.69 Å². The van der Waals surface area contributed by atoms with E-state index in [0.717, 1.165) is 18.5 Å². The summed E-state index contributed by atoms with van der Waals surface area (Å²) >= 11 is 0. The van der Waals surface area contributed by atoms with Gasteiger partial charge in [-0.05, 0) is 22.9 Å². The standard InChI is InChI=1S/C20H12BF2O2/c22-19-15-7-3-1-5-13(15)9-11-17(19)24-21-25-18-12-10-14-6-2-4-8-16(14)20(18)23/h1-12H. The van der Waals surface area contributed by atoms with Crippen LogP contribution in [0, 0.1) is 11.6 Å². The van der Waals surface area contributed by atoms with E-state index in [4.69, 9.17) is 9.31 Å². The molecule has 0 saturated heterocycles. The van der Waals surface area contributed by atoms with Gasteiger partial charge in [0.15, 0.2) is 11.6 Å². The van der Waals surface area contributed by atoms with Crippen LogP contribution in [0.15, 0.2) is 72.8 Å². The Morgan fingerprint density at radius 3 is 1.48 bits per heavy atom. The van der Waals surface area contributed by atoms with Crippen molar-refractivity contribution in [3.63, 3.8) is 0 Å². The Bertz CT molecular complexity index is 981. The van der Waals surface area contributed by atoms with Crippen LogP contribution in [0.4, 0.5) is 8.78 Å². The first-order valence-electron chi connectivity index (χ1n) is 7.73. The lowest BCUT2D eigenvalue weighted by atomic mass is 10.1. The molecular formula is C20H12BF2O2. The highest BCUT2D eigenvalue weighted by Crippen LogP contribution is 2.28. The molecule has 0 saturated carbocycles. The summed E-state index contributed by atoms with van der Waals surface area (Å²) in [6, 6.07) is 20.6. The minimum Gasteiger partial charge on any atom is -0.524 e. The molecule has 0 bridgehead atoms. The highest BCUT2D eigenvalue weighted by molar-refractivity contribution is 6.21. The first kappa shape index (κ1) is 15.5. The molecule has 0 fully saturated rings. The summed E-state index contributed by atoms with van der Waals surface area (Å²) in [5.41, 5.74) is 0. The molecule has 4 rings (SSSR count). The molecule has 0 spiro atoms. The van der Waals surface area contributed by atoms with Crippen LogP contribution in [0.3, 0.4) is 0 Å². The van der Waals surface area contributed by atoms with Gasteiger partial charge in [0.1, 0.15) is 11.5 Å². The topological polar surface area (TPSA) is 18.5 Å². The van der Waals surface area contributed by atoms with Gasteiger partial charge < -0.3 is 9.31 Å². The van der Waals surface area contributed by atoms with E-state index in [1.807, 2.05) is 24.3 Å². The third-order valence-corrected chi connectivity index (χ3v) is 4.01. The molecule has 0 N–H and O–H groups in total. The fourth-order valence-electron chi connectivity index (χ4n) is 2.74. The second-order valence-electron chi connectivity index (χ2n) is 5.53. The first-order chi connectivity index (χ1) is 12.2. The number of fused-ring (bicyclic) bond motifs is 2. The average Bonchev–Trinajstić information content (AvgIpc) is 2.66. The summed E-state index contributed by atoms with van der Waals surface area (Å²) in [5.74, 6) is -0.950. The lowest BCUT2D eigenvalue weighted by molar-refractivity contribution is 0.424. The molecule has 4 aromatic carbocycles. The minimum absolute atomic E-state index is 0.0138. The third kappa shape index (κ3) is 2.89. The highest BCUT2D eigenvalue weighted by Gasteiger charge is 2.13. The van der Waals surface area contributed by atoms with E-state index < -0.39 is 11.6 Å². The predicted octanol–water partition coefficient (Wildman–Crippen LogP) is 5.26. The quantitative estimate of drug-likeness (QED) is 0.474. The molecule has 0 heterocycles. The second kappa shape index (κ2) is 6.44. The molecule has 25 heavy (non-hydrogen) atoms. The van der Waals surface area contributed by atoms with Crippen LogP contribution in [0.1, 0.15) is 0 Å². The van der Waals surface area contributed by atoms with E-state index in [2.05, 4.69) is 0 Å². The zero-order valence-electron chi connectivity index (χ0n) is 13.1. The van der Waals surface area contributed by atoms with E-state index in [1.165, 1.54) is 12.1 Å². The molecule has 5 heteroatoms. The maximum absolute atomic E-state index is 14.4.